The van der Waals surface area contributed by atoms with E-state index in [4.69, 9.17) is 4.74 Å². The first-order valence-corrected chi connectivity index (χ1v) is 12.7. The van der Waals surface area contributed by atoms with Gasteiger partial charge in [0.2, 0.25) is 5.91 Å². The van der Waals surface area contributed by atoms with Gasteiger partial charge in [0.15, 0.2) is 0 Å². The van der Waals surface area contributed by atoms with Gasteiger partial charge in [0.05, 0.1) is 12.2 Å². The van der Waals surface area contributed by atoms with E-state index in [1.807, 2.05) is 42.2 Å². The number of nitrogens with one attached hydrogen (secondary N) is 1. The fraction of sp³-hybridized carbons (Fsp3) is 0.500. The topological polar surface area (TPSA) is 61.9 Å². The first kappa shape index (κ1) is 25.5. The molecule has 2 fully saturated rings. The highest BCUT2D eigenvalue weighted by molar-refractivity contribution is 5.93. The Balaban J connectivity index is 0.00000289. The smallest absolute Gasteiger partial charge is 0.414 e. The second-order valence-corrected chi connectivity index (χ2v) is 10.0. The van der Waals surface area contributed by atoms with Gasteiger partial charge in [-0.2, -0.15) is 0 Å². The minimum atomic E-state index is -0.255. The molecule has 7 heteroatoms. The van der Waals surface area contributed by atoms with Crippen molar-refractivity contribution >= 4 is 35.8 Å². The van der Waals surface area contributed by atoms with Gasteiger partial charge >= 0.3 is 6.09 Å². The maximum absolute atomic E-state index is 12.7. The summed E-state index contributed by atoms with van der Waals surface area (Å²) < 4.78 is 5.44. The molecule has 3 aliphatic rings. The van der Waals surface area contributed by atoms with Crippen LogP contribution in [0.2, 0.25) is 0 Å². The number of hydrogen-bond donors (Lipinski definition) is 1. The summed E-state index contributed by atoms with van der Waals surface area (Å²) in [5.74, 6) is 0.690. The summed E-state index contributed by atoms with van der Waals surface area (Å²) in [5.41, 5.74) is 5.43. The van der Waals surface area contributed by atoms with Gasteiger partial charge in [-0.15, -0.1) is 12.4 Å². The maximum Gasteiger partial charge on any atom is 0.414 e. The van der Waals surface area contributed by atoms with Crippen molar-refractivity contribution < 1.29 is 14.3 Å². The van der Waals surface area contributed by atoms with E-state index in [2.05, 4.69) is 22.3 Å². The van der Waals surface area contributed by atoms with E-state index in [0.717, 1.165) is 48.4 Å². The predicted molar refractivity (Wildman–Crippen MR) is 141 cm³/mol. The average molecular weight is 498 g/mol. The molecule has 0 unspecified atom stereocenters. The molecule has 1 saturated heterocycles. The zero-order valence-corrected chi connectivity index (χ0v) is 21.3. The number of aryl methyl sites for hydroxylation is 1. The van der Waals surface area contributed by atoms with Crippen LogP contribution < -0.4 is 10.2 Å². The summed E-state index contributed by atoms with van der Waals surface area (Å²) in [6.45, 7) is 4.32. The van der Waals surface area contributed by atoms with Gasteiger partial charge in [0.1, 0.15) is 6.61 Å². The SMILES string of the molecule is Cc1cccc2c1N(C1CCN(CC(=O)Nc3ccc(C4CCCCC4)cc3)CC1)C(=O)OC2.Cl. The largest absolute Gasteiger partial charge is 0.444 e. The van der Waals surface area contributed by atoms with Crippen molar-refractivity contribution in [3.05, 3.63) is 59.2 Å². The van der Waals surface area contributed by atoms with Crippen LogP contribution in [0.15, 0.2) is 42.5 Å². The third-order valence-electron chi connectivity index (χ3n) is 7.67. The van der Waals surface area contributed by atoms with Gasteiger partial charge in [-0.25, -0.2) is 4.79 Å². The molecular formula is C28H36ClN3O3. The number of ether oxygens (including phenoxy) is 1. The van der Waals surface area contributed by atoms with Crippen LogP contribution in [-0.2, 0) is 16.1 Å². The number of amides is 2. The number of halogens is 1. The van der Waals surface area contributed by atoms with Crippen LogP contribution in [0.4, 0.5) is 16.2 Å². The molecule has 5 rings (SSSR count). The Morgan fingerprint density at radius 2 is 1.71 bits per heavy atom. The molecular weight excluding hydrogens is 462 g/mol. The Labute approximate surface area is 214 Å². The number of para-hydroxylation sites is 1. The molecule has 6 nitrogen and oxygen atoms in total. The van der Waals surface area contributed by atoms with E-state index in [-0.39, 0.29) is 30.4 Å². The highest BCUT2D eigenvalue weighted by atomic mass is 35.5. The number of anilines is 2. The zero-order chi connectivity index (χ0) is 23.5. The quantitative estimate of drug-likeness (QED) is 0.548. The number of cyclic esters (lactones) is 1. The molecule has 1 saturated carbocycles. The van der Waals surface area contributed by atoms with Crippen molar-refractivity contribution in [3.8, 4) is 0 Å². The number of benzene rings is 2. The highest BCUT2D eigenvalue weighted by Crippen LogP contribution is 2.35. The molecule has 0 spiro atoms. The second-order valence-electron chi connectivity index (χ2n) is 10.0. The third kappa shape index (κ3) is 5.81. The lowest BCUT2D eigenvalue weighted by Gasteiger charge is -2.40. The summed E-state index contributed by atoms with van der Waals surface area (Å²) in [6, 6.07) is 14.6. The summed E-state index contributed by atoms with van der Waals surface area (Å²) >= 11 is 0. The molecule has 2 heterocycles. The fourth-order valence-corrected chi connectivity index (χ4v) is 5.83. The number of piperidine rings is 1. The number of carbonyl (C=O) groups is 2. The summed E-state index contributed by atoms with van der Waals surface area (Å²) in [7, 11) is 0. The van der Waals surface area contributed by atoms with Crippen LogP contribution in [0.3, 0.4) is 0 Å². The van der Waals surface area contributed by atoms with E-state index in [9.17, 15) is 9.59 Å². The van der Waals surface area contributed by atoms with Crippen LogP contribution in [0.1, 0.15) is 67.6 Å². The van der Waals surface area contributed by atoms with Crippen LogP contribution in [0, 0.1) is 6.92 Å². The number of carbonyl (C=O) groups excluding carboxylic acids is 2. The molecule has 0 aromatic heterocycles. The van der Waals surface area contributed by atoms with Crippen LogP contribution in [0.25, 0.3) is 0 Å². The van der Waals surface area contributed by atoms with E-state index in [0.29, 0.717) is 19.1 Å². The molecule has 1 aliphatic carbocycles. The van der Waals surface area contributed by atoms with E-state index in [1.54, 1.807) is 0 Å². The Bertz CT molecular complexity index is 1030. The minimum Gasteiger partial charge on any atom is -0.444 e. The van der Waals surface area contributed by atoms with Gasteiger partial charge in [-0.1, -0.05) is 49.6 Å². The Morgan fingerprint density at radius 3 is 2.43 bits per heavy atom. The fourth-order valence-electron chi connectivity index (χ4n) is 5.83. The lowest BCUT2D eigenvalue weighted by molar-refractivity contribution is -0.117. The van der Waals surface area contributed by atoms with Gasteiger partial charge in [0, 0.05) is 30.4 Å². The van der Waals surface area contributed by atoms with E-state index < -0.39 is 0 Å². The minimum absolute atomic E-state index is 0. The van der Waals surface area contributed by atoms with Crippen molar-refractivity contribution in [3.63, 3.8) is 0 Å². The number of hydrogen-bond acceptors (Lipinski definition) is 4. The first-order chi connectivity index (χ1) is 16.6. The average Bonchev–Trinajstić information content (AvgIpc) is 2.86. The maximum atomic E-state index is 12.7. The molecule has 2 aromatic rings. The Hall–Kier alpha value is -2.57. The zero-order valence-electron chi connectivity index (χ0n) is 20.5. The van der Waals surface area contributed by atoms with E-state index >= 15 is 0 Å². The lowest BCUT2D eigenvalue weighted by Crippen LogP contribution is -2.50. The third-order valence-corrected chi connectivity index (χ3v) is 7.67. The van der Waals surface area contributed by atoms with Gasteiger partial charge in [-0.05, 0) is 61.8 Å². The lowest BCUT2D eigenvalue weighted by atomic mass is 9.84. The number of rotatable bonds is 5. The molecule has 35 heavy (non-hydrogen) atoms. The number of nitrogens with zero attached hydrogens (tertiary/aromatic N) is 2. The molecule has 2 aromatic carbocycles. The van der Waals surface area contributed by atoms with Crippen molar-refractivity contribution in [1.82, 2.24) is 4.90 Å². The first-order valence-electron chi connectivity index (χ1n) is 12.7. The summed E-state index contributed by atoms with van der Waals surface area (Å²) in [4.78, 5) is 29.3. The predicted octanol–water partition coefficient (Wildman–Crippen LogP) is 6.02. The molecule has 1 N–H and O–H groups in total. The van der Waals surface area contributed by atoms with Crippen LogP contribution in [0.5, 0.6) is 0 Å². The van der Waals surface area contributed by atoms with Gasteiger partial charge in [0.25, 0.3) is 0 Å². The van der Waals surface area contributed by atoms with Crippen molar-refractivity contribution in [2.24, 2.45) is 0 Å². The van der Waals surface area contributed by atoms with Crippen molar-refractivity contribution in [2.45, 2.75) is 70.4 Å². The number of fused-ring (bicyclic) bond motifs is 1. The van der Waals surface area contributed by atoms with E-state index in [1.165, 1.54) is 37.7 Å². The monoisotopic (exact) mass is 497 g/mol. The van der Waals surface area contributed by atoms with Crippen molar-refractivity contribution in [1.29, 1.82) is 0 Å². The number of likely N-dealkylation sites (tertiary alicyclic amines) is 1. The molecule has 0 radical (unpaired) electrons. The second kappa shape index (κ2) is 11.4. The Kier molecular flexibility index (Phi) is 8.34. The Morgan fingerprint density at radius 1 is 1.00 bits per heavy atom. The van der Waals surface area contributed by atoms with Gasteiger partial charge < -0.3 is 10.1 Å². The van der Waals surface area contributed by atoms with Gasteiger partial charge in [-0.3, -0.25) is 14.6 Å². The molecule has 0 bridgehead atoms. The highest BCUT2D eigenvalue weighted by Gasteiger charge is 2.35. The van der Waals surface area contributed by atoms with Crippen LogP contribution in [-0.4, -0.2) is 42.6 Å². The summed E-state index contributed by atoms with van der Waals surface area (Å²) in [6.07, 6.45) is 7.96. The molecule has 2 aliphatic heterocycles. The molecule has 188 valence electrons. The molecule has 2 amide bonds. The van der Waals surface area contributed by atoms with Crippen molar-refractivity contribution in [2.75, 3.05) is 29.9 Å². The standard InChI is InChI=1S/C28H35N3O3.ClH/c1-20-6-5-9-23-19-34-28(33)31(27(20)23)25-14-16-30(17-15-25)18-26(32)29-24-12-10-22(11-13-24)21-7-3-2-4-8-21;/h5-6,9-13,21,25H,2-4,7-8,14-19H2,1H3,(H,29,32);1H. The molecule has 0 atom stereocenters. The van der Waals surface area contributed by atoms with Crippen LogP contribution >= 0.6 is 12.4 Å². The summed E-state index contributed by atoms with van der Waals surface area (Å²) in [5, 5.41) is 3.06. The normalized spacial score (nSPS) is 19.5.